The Labute approximate surface area is 453 Å². The molecule has 8 fully saturated rings. The predicted octanol–water partition coefficient (Wildman–Crippen LogP) is -7.63. The van der Waals surface area contributed by atoms with Crippen molar-refractivity contribution in [3.05, 3.63) is 24.3 Å². The zero-order valence-electron chi connectivity index (χ0n) is 43.2. The quantitative estimate of drug-likeness (QED) is 0.0388. The van der Waals surface area contributed by atoms with Gasteiger partial charge in [-0.1, -0.05) is 12.2 Å². The number of hydrogen-bond donors (Lipinski definition) is 17. The number of rotatable bonds is 16. The van der Waals surface area contributed by atoms with Crippen LogP contribution >= 0.6 is 0 Å². The lowest BCUT2D eigenvalue weighted by atomic mass is 9.72. The number of allylic oxidation sites excluding steroid dienone is 2. The molecule has 0 bridgehead atoms. The molecule has 28 nitrogen and oxygen atoms in total. The molecule has 0 aromatic rings. The van der Waals surface area contributed by atoms with E-state index in [-0.39, 0.29) is 56.8 Å². The molecule has 4 heterocycles. The van der Waals surface area contributed by atoms with E-state index in [0.29, 0.717) is 25.7 Å². The van der Waals surface area contributed by atoms with Crippen LogP contribution in [0.3, 0.4) is 0 Å². The molecule has 8 rings (SSSR count). The van der Waals surface area contributed by atoms with Gasteiger partial charge in [-0.3, -0.25) is 0 Å². The summed E-state index contributed by atoms with van der Waals surface area (Å²) in [5.41, 5.74) is 0. The number of aliphatic hydroxyl groups excluding tert-OH is 17. The molecule has 18 N–H and O–H groups in total. The Bertz CT molecular complexity index is 2020. The molecule has 4 aliphatic heterocycles. The SMILES string of the molecule is O=C(C=CC1CCC(O)C(O)C1)OC[C@H]1O[C@@H](OC2CC(C3[OH+]C4CC(O)CC(O[C@@H]5O[C@H](COC(=O)C=CC6CCC(O)C(O)C6)[C@@H](O)[C@H](O)[C@H]5O)C4CC3O[C@@H]3O[C@H](CO)[C@@H](O)[C@H](O)[C@H]3O)CC(O)C2O)[C@H](O)[C@@H](O)[C@@H]1O. The Morgan fingerprint density at radius 1 is 0.443 bits per heavy atom. The second-order valence-electron chi connectivity index (χ2n) is 22.7. The summed E-state index contributed by atoms with van der Waals surface area (Å²) in [6, 6.07) is 0. The second-order valence-corrected chi connectivity index (χ2v) is 22.7. The number of hydrogen-bond acceptors (Lipinski definition) is 27. The van der Waals surface area contributed by atoms with Gasteiger partial charge < -0.3 is 129 Å². The molecule has 0 amide bonds. The van der Waals surface area contributed by atoms with E-state index in [1.165, 1.54) is 12.2 Å². The first-order valence-electron chi connectivity index (χ1n) is 27.3. The van der Waals surface area contributed by atoms with Crippen LogP contribution in [-0.2, 0) is 47.5 Å². The van der Waals surface area contributed by atoms with E-state index >= 15 is 0 Å². The first-order valence-corrected chi connectivity index (χ1v) is 27.3. The van der Waals surface area contributed by atoms with Crippen molar-refractivity contribution in [2.45, 2.75) is 236 Å². The van der Waals surface area contributed by atoms with Crippen LogP contribution in [0.4, 0.5) is 0 Å². The summed E-state index contributed by atoms with van der Waals surface area (Å²) in [6.45, 7) is -2.05. The minimum atomic E-state index is -1.94. The lowest BCUT2D eigenvalue weighted by molar-refractivity contribution is -0.370. The standard InChI is InChI=1S/C51H80O28/c52-16-33-39(62)42(65)45(68)51(77-33)76-32-15-23-29(13-22(53)14-30(23)74-49-46(69)43(66)40(63)34(78-49)17-71-36(59)7-3-19-1-5-24(54)26(56)9-19)73-48(32)21-11-28(58)38(61)31(12-21)75-50-47(70)44(67)41(64)35(79-50)18-72-37(60)8-4-20-2-6-25(55)27(57)10-20/h3-4,7-8,19-35,38-58,61-70H,1-2,5-6,9-18H2/p+1/t19?,20?,21?,22?,23?,24?,25?,26?,27?,28?,29?,30?,31?,32?,33-,34-,35-,38?,39-,40-,41-,42+,43+,44+,45-,46-,47-,48?,49-,50-,51-/m1/s1. The number of fused-ring (bicyclic) bond motifs is 1. The third-order valence-electron chi connectivity index (χ3n) is 17.1. The Hall–Kier alpha value is -2.54. The monoisotopic (exact) mass is 1140 g/mol. The van der Waals surface area contributed by atoms with E-state index in [1.54, 1.807) is 0 Å². The number of carbonyl (C=O) groups excluding carboxylic acids is 2. The zero-order chi connectivity index (χ0) is 57.1. The normalized spacial score (nSPS) is 50.0. The smallest absolute Gasteiger partial charge is 0.330 e. The highest BCUT2D eigenvalue weighted by Gasteiger charge is 2.58. The molecule has 4 aliphatic carbocycles. The van der Waals surface area contributed by atoms with Crippen LogP contribution in [0.15, 0.2) is 24.3 Å². The minimum Gasteiger partial charge on any atom is -0.460 e. The maximum atomic E-state index is 12.7. The largest absolute Gasteiger partial charge is 0.460 e. The Balaban J connectivity index is 0.958. The van der Waals surface area contributed by atoms with Crippen LogP contribution in [-0.4, -0.2) is 289 Å². The van der Waals surface area contributed by atoms with Gasteiger partial charge in [0.15, 0.2) is 31.1 Å². The highest BCUT2D eigenvalue weighted by Crippen LogP contribution is 2.45. The topological polar surface area (TPSA) is 465 Å². The fraction of sp³-hybridized carbons (Fsp3) is 0.882. The number of esters is 2. The number of ether oxygens (including phenoxy) is 9. The van der Waals surface area contributed by atoms with Crippen molar-refractivity contribution < 1.29 is 139 Å². The Morgan fingerprint density at radius 3 is 1.38 bits per heavy atom. The molecular formula is C51H81O28+. The van der Waals surface area contributed by atoms with Crippen molar-refractivity contribution in [3.63, 3.8) is 0 Å². The lowest BCUT2D eigenvalue weighted by Crippen LogP contribution is -2.65. The van der Waals surface area contributed by atoms with Gasteiger partial charge in [0.05, 0.1) is 61.4 Å². The van der Waals surface area contributed by atoms with Gasteiger partial charge >= 0.3 is 11.9 Å². The fourth-order valence-corrected chi connectivity index (χ4v) is 12.4. The van der Waals surface area contributed by atoms with Crippen molar-refractivity contribution in [3.8, 4) is 0 Å². The Kier molecular flexibility index (Phi) is 21.7. The van der Waals surface area contributed by atoms with Crippen LogP contribution in [0.2, 0.25) is 0 Å². The zero-order valence-corrected chi connectivity index (χ0v) is 43.2. The minimum absolute atomic E-state index is 0.0332. The van der Waals surface area contributed by atoms with Gasteiger partial charge in [0, 0.05) is 30.9 Å². The summed E-state index contributed by atoms with van der Waals surface area (Å²) in [4.78, 5) is 25.4. The molecule has 79 heavy (non-hydrogen) atoms. The molecule has 452 valence electrons. The summed E-state index contributed by atoms with van der Waals surface area (Å²) < 4.78 is 51.9. The highest BCUT2D eigenvalue weighted by atomic mass is 16.7. The summed E-state index contributed by atoms with van der Waals surface area (Å²) in [7, 11) is 0. The molecule has 16 unspecified atom stereocenters. The van der Waals surface area contributed by atoms with Crippen LogP contribution in [0.5, 0.6) is 0 Å². The van der Waals surface area contributed by atoms with Crippen molar-refractivity contribution in [1.82, 2.24) is 0 Å². The summed E-state index contributed by atoms with van der Waals surface area (Å²) in [5.74, 6) is -3.71. The molecule has 0 aromatic carbocycles. The molecule has 0 spiro atoms. The maximum absolute atomic E-state index is 12.7. The van der Waals surface area contributed by atoms with Gasteiger partial charge in [-0.25, -0.2) is 9.59 Å². The summed E-state index contributed by atoms with van der Waals surface area (Å²) in [5, 5.41) is 182. The molecule has 0 radical (unpaired) electrons. The van der Waals surface area contributed by atoms with Crippen LogP contribution in [0.25, 0.3) is 0 Å². The molecule has 31 atom stereocenters. The van der Waals surface area contributed by atoms with E-state index < -0.39 is 209 Å². The average Bonchev–Trinajstić information content (AvgIpc) is 3.44. The van der Waals surface area contributed by atoms with Gasteiger partial charge in [-0.2, -0.15) is 0 Å². The number of carbonyl (C=O) groups is 2. The lowest BCUT2D eigenvalue weighted by Gasteiger charge is -2.50. The maximum Gasteiger partial charge on any atom is 0.330 e. The van der Waals surface area contributed by atoms with Gasteiger partial charge in [0.2, 0.25) is 0 Å². The average molecular weight is 1140 g/mol. The van der Waals surface area contributed by atoms with Crippen LogP contribution in [0.1, 0.15) is 70.6 Å². The molecule has 8 aliphatic rings. The van der Waals surface area contributed by atoms with E-state index in [9.17, 15) is 96.4 Å². The second kappa shape index (κ2) is 27.4. The first kappa shape index (κ1) is 62.5. The van der Waals surface area contributed by atoms with Gasteiger partial charge in [0.1, 0.15) is 98.7 Å². The predicted molar refractivity (Wildman–Crippen MR) is 259 cm³/mol. The van der Waals surface area contributed by atoms with Gasteiger partial charge in [-0.05, 0) is 69.6 Å². The van der Waals surface area contributed by atoms with Crippen LogP contribution in [0, 0.1) is 23.7 Å². The third-order valence-corrected chi connectivity index (χ3v) is 17.1. The molecular weight excluding hydrogens is 1060 g/mol. The van der Waals surface area contributed by atoms with E-state index in [4.69, 9.17) is 42.6 Å². The van der Waals surface area contributed by atoms with Crippen molar-refractivity contribution in [2.75, 3.05) is 19.8 Å². The van der Waals surface area contributed by atoms with Crippen molar-refractivity contribution >= 4 is 11.9 Å². The Morgan fingerprint density at radius 2 is 0.899 bits per heavy atom. The number of aliphatic hydroxyl groups is 19. The van der Waals surface area contributed by atoms with E-state index in [1.807, 2.05) is 0 Å². The molecule has 0 aromatic heterocycles. The fourth-order valence-electron chi connectivity index (χ4n) is 12.4. The van der Waals surface area contributed by atoms with Crippen molar-refractivity contribution in [2.24, 2.45) is 23.7 Å². The molecule has 4 saturated heterocycles. The van der Waals surface area contributed by atoms with Crippen LogP contribution < -0.4 is 0 Å². The van der Waals surface area contributed by atoms with Gasteiger partial charge in [0.25, 0.3) is 0 Å². The van der Waals surface area contributed by atoms with Crippen molar-refractivity contribution in [1.29, 1.82) is 0 Å². The highest BCUT2D eigenvalue weighted by molar-refractivity contribution is 5.82. The van der Waals surface area contributed by atoms with Gasteiger partial charge in [-0.15, -0.1) is 0 Å². The summed E-state index contributed by atoms with van der Waals surface area (Å²) >= 11 is 0. The van der Waals surface area contributed by atoms with E-state index in [2.05, 4.69) is 0 Å². The molecule has 28 heteroatoms. The first-order chi connectivity index (χ1) is 37.5. The summed E-state index contributed by atoms with van der Waals surface area (Å²) in [6.07, 6.45) is -32.7. The van der Waals surface area contributed by atoms with E-state index in [0.717, 1.165) is 12.2 Å². The molecule has 4 saturated carbocycles. The third kappa shape index (κ3) is 14.9.